The summed E-state index contributed by atoms with van der Waals surface area (Å²) in [6.07, 6.45) is 4.88. The van der Waals surface area contributed by atoms with Crippen LogP contribution >= 0.6 is 0 Å². The molecule has 0 radical (unpaired) electrons. The minimum Gasteiger partial charge on any atom is -0.350 e. The number of aryl methyl sites for hydroxylation is 4. The molecule has 3 aromatic rings. The molecule has 2 aromatic carbocycles. The SMILES string of the molecule is Cc1cc2c(cc1C)CC(C(=O)c1c(C)c(C)c(C)c3c1ccn3C)=C2. The summed E-state index contributed by atoms with van der Waals surface area (Å²) >= 11 is 0. The number of rotatable bonds is 2. The maximum Gasteiger partial charge on any atom is 0.190 e. The summed E-state index contributed by atoms with van der Waals surface area (Å²) in [7, 11) is 2.05. The second-order valence-corrected chi connectivity index (χ2v) is 7.75. The summed E-state index contributed by atoms with van der Waals surface area (Å²) in [6, 6.07) is 6.52. The van der Waals surface area contributed by atoms with Gasteiger partial charge in [0.25, 0.3) is 0 Å². The van der Waals surface area contributed by atoms with Crippen molar-refractivity contribution < 1.29 is 4.79 Å². The van der Waals surface area contributed by atoms with Crippen LogP contribution in [0, 0.1) is 34.6 Å². The first kappa shape index (κ1) is 16.8. The summed E-state index contributed by atoms with van der Waals surface area (Å²) < 4.78 is 2.12. The van der Waals surface area contributed by atoms with E-state index >= 15 is 0 Å². The summed E-state index contributed by atoms with van der Waals surface area (Å²) in [4.78, 5) is 13.5. The fraction of sp³-hybridized carbons (Fsp3) is 0.292. The zero-order valence-corrected chi connectivity index (χ0v) is 16.4. The topological polar surface area (TPSA) is 22.0 Å². The van der Waals surface area contributed by atoms with Gasteiger partial charge in [-0.3, -0.25) is 4.79 Å². The van der Waals surface area contributed by atoms with E-state index in [4.69, 9.17) is 0 Å². The van der Waals surface area contributed by atoms with E-state index in [1.807, 2.05) is 0 Å². The molecule has 0 saturated carbocycles. The molecule has 1 aromatic heterocycles. The summed E-state index contributed by atoms with van der Waals surface area (Å²) in [5.41, 5.74) is 11.6. The molecule has 0 N–H and O–H groups in total. The van der Waals surface area contributed by atoms with Gasteiger partial charge in [0.2, 0.25) is 0 Å². The van der Waals surface area contributed by atoms with Crippen molar-refractivity contribution in [1.82, 2.24) is 4.57 Å². The second-order valence-electron chi connectivity index (χ2n) is 7.75. The lowest BCUT2D eigenvalue weighted by Crippen LogP contribution is -2.09. The van der Waals surface area contributed by atoms with Crippen molar-refractivity contribution in [3.8, 4) is 0 Å². The average molecular weight is 343 g/mol. The van der Waals surface area contributed by atoms with Gasteiger partial charge < -0.3 is 4.57 Å². The highest BCUT2D eigenvalue weighted by molar-refractivity contribution is 6.20. The van der Waals surface area contributed by atoms with E-state index in [1.54, 1.807) is 0 Å². The molecule has 132 valence electrons. The lowest BCUT2D eigenvalue weighted by atomic mass is 9.89. The van der Waals surface area contributed by atoms with E-state index < -0.39 is 0 Å². The van der Waals surface area contributed by atoms with Crippen LogP contribution in [0.5, 0.6) is 0 Å². The Hall–Kier alpha value is -2.61. The third-order valence-corrected chi connectivity index (χ3v) is 6.18. The molecule has 0 fully saturated rings. The summed E-state index contributed by atoms with van der Waals surface area (Å²) in [6.45, 7) is 10.6. The van der Waals surface area contributed by atoms with Crippen molar-refractivity contribution in [3.63, 3.8) is 0 Å². The third-order valence-electron chi connectivity index (χ3n) is 6.18. The molecule has 0 saturated heterocycles. The Morgan fingerprint density at radius 2 is 1.65 bits per heavy atom. The fourth-order valence-electron chi connectivity index (χ4n) is 4.28. The standard InChI is InChI=1S/C24H25NO/c1-13-9-18-11-20(12-19(18)10-14(13)2)24(26)22-16(4)15(3)17(5)23-21(22)7-8-25(23)6/h7-11H,12H2,1-6H3. The third kappa shape index (κ3) is 2.28. The highest BCUT2D eigenvalue weighted by Crippen LogP contribution is 2.35. The van der Waals surface area contributed by atoms with Gasteiger partial charge in [0.1, 0.15) is 0 Å². The normalized spacial score (nSPS) is 13.2. The molecule has 0 spiro atoms. The number of hydrogen-bond donors (Lipinski definition) is 0. The minimum atomic E-state index is 0.174. The van der Waals surface area contributed by atoms with Crippen molar-refractivity contribution in [2.45, 2.75) is 41.0 Å². The number of hydrogen-bond acceptors (Lipinski definition) is 1. The Kier molecular flexibility index (Phi) is 3.69. The first-order chi connectivity index (χ1) is 12.3. The van der Waals surface area contributed by atoms with E-state index in [0.29, 0.717) is 0 Å². The van der Waals surface area contributed by atoms with Crippen molar-refractivity contribution in [2.24, 2.45) is 7.05 Å². The molecule has 26 heavy (non-hydrogen) atoms. The number of allylic oxidation sites excluding steroid dienone is 1. The lowest BCUT2D eigenvalue weighted by molar-refractivity contribution is 0.103. The van der Waals surface area contributed by atoms with Crippen LogP contribution in [0.4, 0.5) is 0 Å². The predicted octanol–water partition coefficient (Wildman–Crippen LogP) is 5.54. The smallest absolute Gasteiger partial charge is 0.190 e. The zero-order valence-electron chi connectivity index (χ0n) is 16.4. The Morgan fingerprint density at radius 3 is 2.38 bits per heavy atom. The quantitative estimate of drug-likeness (QED) is 0.560. The van der Waals surface area contributed by atoms with E-state index in [9.17, 15) is 4.79 Å². The molecule has 2 nitrogen and oxygen atoms in total. The molecule has 1 aliphatic rings. The summed E-state index contributed by atoms with van der Waals surface area (Å²) in [5.74, 6) is 0.174. The van der Waals surface area contributed by atoms with E-state index in [0.717, 1.165) is 28.5 Å². The number of carbonyl (C=O) groups is 1. The zero-order chi connectivity index (χ0) is 18.7. The number of carbonyl (C=O) groups excluding carboxylic acids is 1. The minimum absolute atomic E-state index is 0.174. The predicted molar refractivity (Wildman–Crippen MR) is 109 cm³/mol. The lowest BCUT2D eigenvalue weighted by Gasteiger charge is -2.15. The summed E-state index contributed by atoms with van der Waals surface area (Å²) in [5, 5.41) is 1.07. The Morgan fingerprint density at radius 1 is 0.962 bits per heavy atom. The molecular weight excluding hydrogens is 318 g/mol. The first-order valence-electron chi connectivity index (χ1n) is 9.19. The Labute approximate surface area is 155 Å². The highest BCUT2D eigenvalue weighted by Gasteiger charge is 2.25. The largest absolute Gasteiger partial charge is 0.350 e. The van der Waals surface area contributed by atoms with Gasteiger partial charge in [-0.2, -0.15) is 0 Å². The van der Waals surface area contributed by atoms with E-state index in [1.165, 1.54) is 38.9 Å². The maximum atomic E-state index is 13.5. The number of Topliss-reactive ketones (excluding diaryl/α,β-unsaturated/α-hetero) is 1. The van der Waals surface area contributed by atoms with Gasteiger partial charge in [-0.05, 0) is 85.7 Å². The van der Waals surface area contributed by atoms with Gasteiger partial charge in [0.15, 0.2) is 5.78 Å². The van der Waals surface area contributed by atoms with Crippen molar-refractivity contribution in [2.75, 3.05) is 0 Å². The monoisotopic (exact) mass is 343 g/mol. The number of aromatic nitrogens is 1. The van der Waals surface area contributed by atoms with Gasteiger partial charge >= 0.3 is 0 Å². The van der Waals surface area contributed by atoms with Gasteiger partial charge in [0.05, 0.1) is 5.52 Å². The molecule has 0 unspecified atom stereocenters. The van der Waals surface area contributed by atoms with Crippen LogP contribution in [0.1, 0.15) is 49.3 Å². The molecule has 0 bridgehead atoms. The molecule has 4 rings (SSSR count). The number of ketones is 1. The average Bonchev–Trinajstić information content (AvgIpc) is 3.17. The second kappa shape index (κ2) is 5.70. The van der Waals surface area contributed by atoms with Crippen LogP contribution < -0.4 is 0 Å². The molecule has 0 atom stereocenters. The van der Waals surface area contributed by atoms with Gasteiger partial charge in [0, 0.05) is 36.2 Å². The number of fused-ring (bicyclic) bond motifs is 2. The molecule has 1 heterocycles. The van der Waals surface area contributed by atoms with Crippen molar-refractivity contribution in [1.29, 1.82) is 0 Å². The molecule has 0 amide bonds. The van der Waals surface area contributed by atoms with E-state index in [-0.39, 0.29) is 5.78 Å². The van der Waals surface area contributed by atoms with Crippen LogP contribution in [-0.2, 0) is 13.5 Å². The number of benzene rings is 2. The van der Waals surface area contributed by atoms with Crippen LogP contribution in [0.3, 0.4) is 0 Å². The highest BCUT2D eigenvalue weighted by atomic mass is 16.1. The van der Waals surface area contributed by atoms with Crippen molar-refractivity contribution >= 4 is 22.8 Å². The first-order valence-corrected chi connectivity index (χ1v) is 9.19. The fourth-order valence-corrected chi connectivity index (χ4v) is 4.28. The number of nitrogens with zero attached hydrogens (tertiary/aromatic N) is 1. The Balaban J connectivity index is 1.87. The van der Waals surface area contributed by atoms with Crippen LogP contribution in [0.15, 0.2) is 30.0 Å². The van der Waals surface area contributed by atoms with Crippen LogP contribution in [0.2, 0.25) is 0 Å². The Bertz CT molecular complexity index is 1130. The van der Waals surface area contributed by atoms with Gasteiger partial charge in [-0.25, -0.2) is 0 Å². The van der Waals surface area contributed by atoms with Crippen molar-refractivity contribution in [3.05, 3.63) is 74.5 Å². The molecular formula is C24H25NO. The molecule has 2 heteroatoms. The van der Waals surface area contributed by atoms with Crippen LogP contribution in [0.25, 0.3) is 17.0 Å². The van der Waals surface area contributed by atoms with E-state index in [2.05, 4.69) is 76.7 Å². The van der Waals surface area contributed by atoms with Gasteiger partial charge in [-0.1, -0.05) is 12.1 Å². The van der Waals surface area contributed by atoms with Crippen LogP contribution in [-0.4, -0.2) is 10.4 Å². The van der Waals surface area contributed by atoms with Gasteiger partial charge in [-0.15, -0.1) is 0 Å². The molecule has 1 aliphatic carbocycles. The molecule has 0 aliphatic heterocycles. The maximum absolute atomic E-state index is 13.5.